The van der Waals surface area contributed by atoms with Crippen LogP contribution in [-0.4, -0.2) is 68.8 Å². The van der Waals surface area contributed by atoms with Gasteiger partial charge in [0, 0.05) is 18.1 Å². The van der Waals surface area contributed by atoms with Crippen LogP contribution >= 0.6 is 11.8 Å². The maximum atomic E-state index is 12.8. The van der Waals surface area contributed by atoms with Crippen molar-refractivity contribution >= 4 is 23.6 Å². The molecule has 1 aliphatic heterocycles. The van der Waals surface area contributed by atoms with Gasteiger partial charge < -0.3 is 23.8 Å². The molecule has 1 heterocycles. The third kappa shape index (κ3) is 4.55. The van der Waals surface area contributed by atoms with Crippen LogP contribution in [-0.2, 0) is 20.7 Å². The number of nitrogens with zero attached hydrogens (tertiary/aromatic N) is 1. The highest BCUT2D eigenvalue weighted by atomic mass is 32.2. The van der Waals surface area contributed by atoms with E-state index in [-0.39, 0.29) is 18.3 Å². The summed E-state index contributed by atoms with van der Waals surface area (Å²) in [6.07, 6.45) is 0.136. The molecule has 0 bridgehead atoms. The molecule has 0 N–H and O–H groups in total. The molecule has 0 aromatic heterocycles. The molecule has 144 valence electrons. The number of amides is 1. The van der Waals surface area contributed by atoms with Gasteiger partial charge in [0.25, 0.3) is 0 Å². The summed E-state index contributed by atoms with van der Waals surface area (Å²) in [4.78, 5) is 26.6. The van der Waals surface area contributed by atoms with Gasteiger partial charge in [0.1, 0.15) is 6.04 Å². The smallest absolute Gasteiger partial charge is 0.329 e. The minimum atomic E-state index is -0.539. The molecule has 1 saturated heterocycles. The second kappa shape index (κ2) is 9.56. The van der Waals surface area contributed by atoms with Crippen molar-refractivity contribution in [2.75, 3.05) is 46.0 Å². The summed E-state index contributed by atoms with van der Waals surface area (Å²) >= 11 is 1.65. The molecule has 1 aromatic carbocycles. The highest BCUT2D eigenvalue weighted by Gasteiger charge is 2.33. The van der Waals surface area contributed by atoms with Crippen LogP contribution < -0.4 is 14.2 Å². The van der Waals surface area contributed by atoms with Crippen molar-refractivity contribution in [2.24, 2.45) is 0 Å². The van der Waals surface area contributed by atoms with Crippen LogP contribution in [0.15, 0.2) is 12.1 Å². The Morgan fingerprint density at radius 3 is 2.35 bits per heavy atom. The number of hydrogen-bond acceptors (Lipinski definition) is 7. The van der Waals surface area contributed by atoms with E-state index in [0.29, 0.717) is 36.2 Å². The summed E-state index contributed by atoms with van der Waals surface area (Å²) in [5, 5.41) is 0. The molecule has 1 atom stereocenters. The Morgan fingerprint density at radius 1 is 1.15 bits per heavy atom. The second-order valence-electron chi connectivity index (χ2n) is 5.64. The molecule has 8 heteroatoms. The van der Waals surface area contributed by atoms with Crippen LogP contribution in [0.5, 0.6) is 17.2 Å². The number of ether oxygens (including phenoxy) is 4. The number of carbonyl (C=O) groups excluding carboxylic acids is 2. The number of benzene rings is 1. The third-order valence-electron chi connectivity index (χ3n) is 4.09. The normalized spacial score (nSPS) is 16.8. The summed E-state index contributed by atoms with van der Waals surface area (Å²) in [6.45, 7) is 2.59. The lowest BCUT2D eigenvalue weighted by atomic mass is 10.1. The van der Waals surface area contributed by atoms with Crippen molar-refractivity contribution in [3.63, 3.8) is 0 Å². The number of hydrogen-bond donors (Lipinski definition) is 0. The van der Waals surface area contributed by atoms with Crippen LogP contribution in [0.1, 0.15) is 12.5 Å². The molecular weight excluding hydrogens is 358 g/mol. The van der Waals surface area contributed by atoms with Crippen molar-refractivity contribution in [3.05, 3.63) is 17.7 Å². The average molecular weight is 383 g/mol. The van der Waals surface area contributed by atoms with Crippen LogP contribution in [0.2, 0.25) is 0 Å². The average Bonchev–Trinajstić information content (AvgIpc) is 2.67. The Bertz CT molecular complexity index is 626. The summed E-state index contributed by atoms with van der Waals surface area (Å²) in [5.41, 5.74) is 0.727. The SMILES string of the molecule is CCOC(=O)C1CSCCN1C(=O)Cc1cc(OC)c(OC)c(OC)c1. The van der Waals surface area contributed by atoms with E-state index in [9.17, 15) is 9.59 Å². The van der Waals surface area contributed by atoms with Crippen LogP contribution in [0.25, 0.3) is 0 Å². The fourth-order valence-electron chi connectivity index (χ4n) is 2.85. The van der Waals surface area contributed by atoms with Gasteiger partial charge in [-0.05, 0) is 24.6 Å². The van der Waals surface area contributed by atoms with Gasteiger partial charge in [0.15, 0.2) is 11.5 Å². The van der Waals surface area contributed by atoms with Gasteiger partial charge in [0.05, 0.1) is 34.4 Å². The van der Waals surface area contributed by atoms with Crippen molar-refractivity contribution in [1.82, 2.24) is 4.90 Å². The van der Waals surface area contributed by atoms with E-state index >= 15 is 0 Å². The fraction of sp³-hybridized carbons (Fsp3) is 0.556. The Kier molecular flexibility index (Phi) is 7.44. The molecule has 7 nitrogen and oxygen atoms in total. The predicted octanol–water partition coefficient (Wildman–Crippen LogP) is 1.76. The molecular formula is C18H25NO6S. The Balaban J connectivity index is 2.21. The highest BCUT2D eigenvalue weighted by molar-refractivity contribution is 7.99. The van der Waals surface area contributed by atoms with Crippen molar-refractivity contribution in [2.45, 2.75) is 19.4 Å². The van der Waals surface area contributed by atoms with Crippen molar-refractivity contribution in [3.8, 4) is 17.2 Å². The molecule has 1 aliphatic rings. The Hall–Kier alpha value is -2.09. The lowest BCUT2D eigenvalue weighted by molar-refractivity contribution is -0.153. The monoisotopic (exact) mass is 383 g/mol. The van der Waals surface area contributed by atoms with Crippen LogP contribution in [0.3, 0.4) is 0 Å². The summed E-state index contributed by atoms with van der Waals surface area (Å²) < 4.78 is 21.1. The van der Waals surface area contributed by atoms with Crippen molar-refractivity contribution in [1.29, 1.82) is 0 Å². The molecule has 0 saturated carbocycles. The zero-order valence-corrected chi connectivity index (χ0v) is 16.4. The predicted molar refractivity (Wildman–Crippen MR) is 99.3 cm³/mol. The molecule has 2 rings (SSSR count). The number of carbonyl (C=O) groups is 2. The molecule has 1 amide bonds. The quantitative estimate of drug-likeness (QED) is 0.664. The fourth-order valence-corrected chi connectivity index (χ4v) is 3.88. The van der Waals surface area contributed by atoms with Gasteiger partial charge in [-0.2, -0.15) is 11.8 Å². The minimum Gasteiger partial charge on any atom is -0.493 e. The molecule has 1 aromatic rings. The van der Waals surface area contributed by atoms with E-state index in [1.165, 1.54) is 21.3 Å². The van der Waals surface area contributed by atoms with E-state index < -0.39 is 6.04 Å². The van der Waals surface area contributed by atoms with Gasteiger partial charge >= 0.3 is 5.97 Å². The summed E-state index contributed by atoms with van der Waals surface area (Å²) in [7, 11) is 4.59. The van der Waals surface area contributed by atoms with Gasteiger partial charge in [-0.25, -0.2) is 4.79 Å². The van der Waals surface area contributed by atoms with Gasteiger partial charge in [-0.3, -0.25) is 4.79 Å². The first-order valence-electron chi connectivity index (χ1n) is 8.38. The molecule has 1 unspecified atom stereocenters. The first-order chi connectivity index (χ1) is 12.5. The first-order valence-corrected chi connectivity index (χ1v) is 9.53. The van der Waals surface area contributed by atoms with E-state index in [4.69, 9.17) is 18.9 Å². The molecule has 0 radical (unpaired) electrons. The number of rotatable bonds is 7. The van der Waals surface area contributed by atoms with E-state index in [1.807, 2.05) is 0 Å². The van der Waals surface area contributed by atoms with E-state index in [2.05, 4.69) is 0 Å². The Labute approximate surface area is 157 Å². The summed E-state index contributed by atoms with van der Waals surface area (Å²) in [6, 6.07) is 2.96. The van der Waals surface area contributed by atoms with E-state index in [1.54, 1.807) is 35.7 Å². The van der Waals surface area contributed by atoms with Crippen LogP contribution in [0.4, 0.5) is 0 Å². The lowest BCUT2D eigenvalue weighted by Gasteiger charge is -2.33. The number of esters is 1. The number of thioether (sulfide) groups is 1. The largest absolute Gasteiger partial charge is 0.493 e. The molecule has 0 spiro atoms. The maximum absolute atomic E-state index is 12.8. The molecule has 0 aliphatic carbocycles. The first kappa shape index (κ1) is 20.2. The lowest BCUT2D eigenvalue weighted by Crippen LogP contribution is -2.51. The minimum absolute atomic E-state index is 0.127. The van der Waals surface area contributed by atoms with E-state index in [0.717, 1.165) is 11.3 Å². The van der Waals surface area contributed by atoms with Gasteiger partial charge in [0.2, 0.25) is 11.7 Å². The van der Waals surface area contributed by atoms with Gasteiger partial charge in [-0.15, -0.1) is 0 Å². The molecule has 1 fully saturated rings. The number of methoxy groups -OCH3 is 3. The third-order valence-corrected chi connectivity index (χ3v) is 5.11. The zero-order chi connectivity index (χ0) is 19.1. The Morgan fingerprint density at radius 2 is 1.81 bits per heavy atom. The topological polar surface area (TPSA) is 74.3 Å². The maximum Gasteiger partial charge on any atom is 0.329 e. The molecule has 26 heavy (non-hydrogen) atoms. The standard InChI is InChI=1S/C18H25NO6S/c1-5-25-18(21)13-11-26-7-6-19(13)16(20)10-12-8-14(22-2)17(24-4)15(9-12)23-3/h8-9,13H,5-7,10-11H2,1-4H3. The van der Waals surface area contributed by atoms with Crippen LogP contribution in [0, 0.1) is 0 Å². The van der Waals surface area contributed by atoms with Crippen molar-refractivity contribution < 1.29 is 28.5 Å². The highest BCUT2D eigenvalue weighted by Crippen LogP contribution is 2.38. The second-order valence-corrected chi connectivity index (χ2v) is 6.79. The van der Waals surface area contributed by atoms with Gasteiger partial charge in [-0.1, -0.05) is 0 Å². The zero-order valence-electron chi connectivity index (χ0n) is 15.6. The summed E-state index contributed by atoms with van der Waals surface area (Å²) in [5.74, 6) is 2.34.